The van der Waals surface area contributed by atoms with Gasteiger partial charge in [0.2, 0.25) is 5.91 Å². The summed E-state index contributed by atoms with van der Waals surface area (Å²) < 4.78 is 7.08. The predicted octanol–water partition coefficient (Wildman–Crippen LogP) is 3.09. The van der Waals surface area contributed by atoms with Crippen molar-refractivity contribution in [2.75, 3.05) is 11.9 Å². The average molecular weight is 473 g/mol. The third-order valence-electron chi connectivity index (χ3n) is 4.04. The van der Waals surface area contributed by atoms with Crippen molar-refractivity contribution in [3.8, 4) is 5.69 Å². The predicted molar refractivity (Wildman–Crippen MR) is 111 cm³/mol. The zero-order valence-corrected chi connectivity index (χ0v) is 17.4. The summed E-state index contributed by atoms with van der Waals surface area (Å²) in [5.41, 5.74) is 1.23. The van der Waals surface area contributed by atoms with Gasteiger partial charge in [0.15, 0.2) is 5.69 Å². The van der Waals surface area contributed by atoms with Gasteiger partial charge in [-0.1, -0.05) is 21.1 Å². The zero-order chi connectivity index (χ0) is 21.7. The van der Waals surface area contributed by atoms with E-state index < -0.39 is 17.8 Å². The number of aromatic nitrogens is 3. The highest BCUT2D eigenvalue weighted by Crippen LogP contribution is 2.18. The molecule has 10 heteroatoms. The Morgan fingerprint density at radius 3 is 2.37 bits per heavy atom. The first-order valence-corrected chi connectivity index (χ1v) is 9.69. The number of carbonyl (C=O) groups is 3. The molecule has 0 radical (unpaired) electrons. The molecule has 2 aromatic carbocycles. The SMILES string of the molecule is CCOC(=O)c1ccc(NC(=O)Cc2c(C(=O)O)nnn2-c2ccc(Br)cc2)cc1. The molecule has 0 bridgehead atoms. The van der Waals surface area contributed by atoms with Crippen LogP contribution in [0, 0.1) is 0 Å². The molecule has 0 aliphatic heterocycles. The van der Waals surface area contributed by atoms with Crippen LogP contribution in [0.25, 0.3) is 5.69 Å². The van der Waals surface area contributed by atoms with Crippen LogP contribution in [0.4, 0.5) is 5.69 Å². The largest absolute Gasteiger partial charge is 0.476 e. The molecule has 1 heterocycles. The van der Waals surface area contributed by atoms with E-state index in [0.29, 0.717) is 16.9 Å². The lowest BCUT2D eigenvalue weighted by Gasteiger charge is -2.09. The molecule has 0 spiro atoms. The minimum Gasteiger partial charge on any atom is -0.476 e. The fraction of sp³-hybridized carbons (Fsp3) is 0.150. The molecular formula is C20H17BrN4O5. The second-order valence-electron chi connectivity index (χ2n) is 6.10. The van der Waals surface area contributed by atoms with Crippen LogP contribution in [0.1, 0.15) is 33.5 Å². The number of hydrogen-bond donors (Lipinski definition) is 2. The maximum atomic E-state index is 12.5. The molecule has 0 fully saturated rings. The number of rotatable bonds is 7. The summed E-state index contributed by atoms with van der Waals surface area (Å²) in [5, 5.41) is 19.7. The van der Waals surface area contributed by atoms with Crippen molar-refractivity contribution in [2.45, 2.75) is 13.3 Å². The Labute approximate surface area is 179 Å². The highest BCUT2D eigenvalue weighted by Gasteiger charge is 2.22. The van der Waals surface area contributed by atoms with Crippen molar-refractivity contribution in [3.05, 3.63) is 70.0 Å². The summed E-state index contributed by atoms with van der Waals surface area (Å²) in [4.78, 5) is 35.8. The van der Waals surface area contributed by atoms with E-state index in [1.165, 1.54) is 16.8 Å². The number of hydrogen-bond acceptors (Lipinski definition) is 6. The summed E-state index contributed by atoms with van der Waals surface area (Å²) in [6, 6.07) is 13.2. The van der Waals surface area contributed by atoms with Crippen LogP contribution in [0.2, 0.25) is 0 Å². The van der Waals surface area contributed by atoms with E-state index in [4.69, 9.17) is 4.74 Å². The number of esters is 1. The van der Waals surface area contributed by atoms with Crippen molar-refractivity contribution in [2.24, 2.45) is 0 Å². The molecule has 2 N–H and O–H groups in total. The smallest absolute Gasteiger partial charge is 0.358 e. The van der Waals surface area contributed by atoms with E-state index in [-0.39, 0.29) is 24.4 Å². The first kappa shape index (κ1) is 21.2. The van der Waals surface area contributed by atoms with E-state index in [2.05, 4.69) is 31.6 Å². The van der Waals surface area contributed by atoms with Gasteiger partial charge in [-0.05, 0) is 55.5 Å². The van der Waals surface area contributed by atoms with Gasteiger partial charge in [0.05, 0.1) is 30.0 Å². The molecule has 0 saturated heterocycles. The van der Waals surface area contributed by atoms with Crippen LogP contribution in [-0.2, 0) is 16.0 Å². The van der Waals surface area contributed by atoms with Gasteiger partial charge in [-0.3, -0.25) is 4.79 Å². The van der Waals surface area contributed by atoms with Crippen molar-refractivity contribution in [3.63, 3.8) is 0 Å². The molecule has 0 aliphatic rings. The molecule has 0 unspecified atom stereocenters. The topological polar surface area (TPSA) is 123 Å². The van der Waals surface area contributed by atoms with Gasteiger partial charge in [0, 0.05) is 10.2 Å². The molecule has 30 heavy (non-hydrogen) atoms. The Hall–Kier alpha value is -3.53. The second kappa shape index (κ2) is 9.31. The molecule has 0 aliphatic carbocycles. The Morgan fingerprint density at radius 1 is 1.10 bits per heavy atom. The quantitative estimate of drug-likeness (QED) is 0.506. The molecule has 3 rings (SSSR count). The lowest BCUT2D eigenvalue weighted by molar-refractivity contribution is -0.115. The summed E-state index contributed by atoms with van der Waals surface area (Å²) in [7, 11) is 0. The Balaban J connectivity index is 1.79. The number of aromatic carboxylic acids is 1. The van der Waals surface area contributed by atoms with Crippen LogP contribution >= 0.6 is 15.9 Å². The monoisotopic (exact) mass is 472 g/mol. The van der Waals surface area contributed by atoms with Gasteiger partial charge < -0.3 is 15.2 Å². The van der Waals surface area contributed by atoms with Crippen LogP contribution in [-0.4, -0.2) is 44.6 Å². The first-order chi connectivity index (χ1) is 14.4. The van der Waals surface area contributed by atoms with Gasteiger partial charge in [-0.15, -0.1) is 5.10 Å². The minimum atomic E-state index is -1.28. The molecule has 1 aromatic heterocycles. The van der Waals surface area contributed by atoms with Crippen LogP contribution in [0.15, 0.2) is 53.0 Å². The molecule has 9 nitrogen and oxygen atoms in total. The first-order valence-electron chi connectivity index (χ1n) is 8.90. The molecule has 3 aromatic rings. The lowest BCUT2D eigenvalue weighted by atomic mass is 10.2. The van der Waals surface area contributed by atoms with Crippen LogP contribution < -0.4 is 5.32 Å². The van der Waals surface area contributed by atoms with Gasteiger partial charge in [-0.25, -0.2) is 14.3 Å². The standard InChI is InChI=1S/C20H17BrN4O5/c1-2-30-20(29)12-3-7-14(8-4-12)22-17(26)11-16-18(19(27)28)23-24-25(16)15-9-5-13(21)6-10-15/h3-10H,2,11H2,1H3,(H,22,26)(H,27,28). The summed E-state index contributed by atoms with van der Waals surface area (Å²) in [5.74, 6) is -2.19. The van der Waals surface area contributed by atoms with E-state index in [0.717, 1.165) is 4.47 Å². The third-order valence-corrected chi connectivity index (χ3v) is 4.57. The Morgan fingerprint density at radius 2 is 1.77 bits per heavy atom. The second-order valence-corrected chi connectivity index (χ2v) is 7.02. The van der Waals surface area contributed by atoms with E-state index in [1.54, 1.807) is 43.3 Å². The van der Waals surface area contributed by atoms with E-state index in [1.807, 2.05) is 0 Å². The number of anilines is 1. The van der Waals surface area contributed by atoms with Crippen molar-refractivity contribution < 1.29 is 24.2 Å². The number of amides is 1. The van der Waals surface area contributed by atoms with Gasteiger partial charge in [0.1, 0.15) is 0 Å². The fourth-order valence-electron chi connectivity index (χ4n) is 2.68. The van der Waals surface area contributed by atoms with Crippen molar-refractivity contribution in [1.29, 1.82) is 0 Å². The number of carboxylic acids is 1. The van der Waals surface area contributed by atoms with Gasteiger partial charge >= 0.3 is 11.9 Å². The number of ether oxygens (including phenoxy) is 1. The summed E-state index contributed by atoms with van der Waals surface area (Å²) in [6.45, 7) is 1.98. The lowest BCUT2D eigenvalue weighted by Crippen LogP contribution is -2.19. The highest BCUT2D eigenvalue weighted by molar-refractivity contribution is 9.10. The number of carboxylic acid groups (broad SMARTS) is 1. The van der Waals surface area contributed by atoms with Crippen molar-refractivity contribution in [1.82, 2.24) is 15.0 Å². The number of benzene rings is 2. The normalized spacial score (nSPS) is 10.5. The maximum absolute atomic E-state index is 12.5. The van der Waals surface area contributed by atoms with Gasteiger partial charge in [-0.2, -0.15) is 0 Å². The Kier molecular flexibility index (Phi) is 6.58. The maximum Gasteiger partial charge on any atom is 0.358 e. The van der Waals surface area contributed by atoms with E-state index in [9.17, 15) is 19.5 Å². The zero-order valence-electron chi connectivity index (χ0n) is 15.8. The third kappa shape index (κ3) is 4.90. The minimum absolute atomic E-state index is 0.144. The summed E-state index contributed by atoms with van der Waals surface area (Å²) >= 11 is 3.33. The summed E-state index contributed by atoms with van der Waals surface area (Å²) in [6.07, 6.45) is -0.260. The Bertz CT molecular complexity index is 1080. The average Bonchev–Trinajstić information content (AvgIpc) is 3.13. The molecule has 0 saturated carbocycles. The van der Waals surface area contributed by atoms with Crippen molar-refractivity contribution >= 4 is 39.5 Å². The van der Waals surface area contributed by atoms with Crippen LogP contribution in [0.5, 0.6) is 0 Å². The van der Waals surface area contributed by atoms with E-state index >= 15 is 0 Å². The molecule has 0 atom stereocenters. The number of carbonyl (C=O) groups excluding carboxylic acids is 2. The number of nitrogens with one attached hydrogen (secondary N) is 1. The number of halogens is 1. The van der Waals surface area contributed by atoms with Crippen LogP contribution in [0.3, 0.4) is 0 Å². The molecule has 1 amide bonds. The number of nitrogens with zero attached hydrogens (tertiary/aromatic N) is 3. The highest BCUT2D eigenvalue weighted by atomic mass is 79.9. The molecule has 154 valence electrons. The fourth-order valence-corrected chi connectivity index (χ4v) is 2.94. The molecular weight excluding hydrogens is 456 g/mol. The van der Waals surface area contributed by atoms with Gasteiger partial charge in [0.25, 0.3) is 0 Å².